The van der Waals surface area contributed by atoms with Crippen molar-refractivity contribution in [3.8, 4) is 0 Å². The molecule has 1 heterocycles. The molecule has 0 spiro atoms. The van der Waals surface area contributed by atoms with Crippen LogP contribution in [-0.2, 0) is 9.53 Å². The Morgan fingerprint density at radius 1 is 1.21 bits per heavy atom. The van der Waals surface area contributed by atoms with E-state index >= 15 is 0 Å². The Labute approximate surface area is 113 Å². The van der Waals surface area contributed by atoms with Gasteiger partial charge in [-0.25, -0.2) is 4.79 Å². The zero-order chi connectivity index (χ0) is 14.2. The summed E-state index contributed by atoms with van der Waals surface area (Å²) in [6.45, 7) is 6.10. The minimum atomic E-state index is -0.787. The molecule has 0 bridgehead atoms. The van der Waals surface area contributed by atoms with Gasteiger partial charge in [0, 0.05) is 6.54 Å². The number of carbonyl (C=O) groups is 2. The van der Waals surface area contributed by atoms with Crippen molar-refractivity contribution in [1.82, 2.24) is 4.90 Å². The number of nitrogens with zero attached hydrogens (tertiary/aromatic N) is 1. The Morgan fingerprint density at radius 3 is 2.47 bits per heavy atom. The van der Waals surface area contributed by atoms with Gasteiger partial charge in [0.15, 0.2) is 0 Å². The second-order valence-electron chi connectivity index (χ2n) is 6.59. The number of carboxylic acids is 1. The average Bonchev–Trinajstić information content (AvgIpc) is 2.69. The maximum atomic E-state index is 12.2. The first-order valence-electron chi connectivity index (χ1n) is 7.02. The van der Waals surface area contributed by atoms with Gasteiger partial charge in [-0.1, -0.05) is 6.42 Å². The van der Waals surface area contributed by atoms with E-state index in [1.54, 1.807) is 4.90 Å². The third-order valence-electron chi connectivity index (χ3n) is 4.03. The van der Waals surface area contributed by atoms with E-state index in [-0.39, 0.29) is 12.1 Å². The predicted molar refractivity (Wildman–Crippen MR) is 69.8 cm³/mol. The molecule has 108 valence electrons. The van der Waals surface area contributed by atoms with Crippen LogP contribution in [0.15, 0.2) is 0 Å². The van der Waals surface area contributed by atoms with Gasteiger partial charge in [-0.2, -0.15) is 0 Å². The van der Waals surface area contributed by atoms with Gasteiger partial charge in [-0.05, 0) is 46.0 Å². The van der Waals surface area contributed by atoms with Gasteiger partial charge < -0.3 is 14.7 Å². The molecule has 3 atom stereocenters. The average molecular weight is 269 g/mol. The topological polar surface area (TPSA) is 66.8 Å². The van der Waals surface area contributed by atoms with Crippen molar-refractivity contribution in [2.24, 2.45) is 11.8 Å². The summed E-state index contributed by atoms with van der Waals surface area (Å²) in [7, 11) is 0. The summed E-state index contributed by atoms with van der Waals surface area (Å²) in [5.41, 5.74) is -0.539. The number of likely N-dealkylation sites (tertiary alicyclic amines) is 1. The van der Waals surface area contributed by atoms with E-state index in [2.05, 4.69) is 0 Å². The Kier molecular flexibility index (Phi) is 3.74. The van der Waals surface area contributed by atoms with Gasteiger partial charge in [-0.3, -0.25) is 4.79 Å². The fourth-order valence-electron chi connectivity index (χ4n) is 3.31. The van der Waals surface area contributed by atoms with E-state index < -0.39 is 17.5 Å². The fraction of sp³-hybridized carbons (Fsp3) is 0.857. The molecule has 1 amide bonds. The maximum Gasteiger partial charge on any atom is 0.410 e. The molecule has 5 nitrogen and oxygen atoms in total. The monoisotopic (exact) mass is 269 g/mol. The molecule has 0 aromatic carbocycles. The molecule has 0 aromatic rings. The van der Waals surface area contributed by atoms with Crippen molar-refractivity contribution in [2.45, 2.75) is 58.1 Å². The number of carbonyl (C=O) groups excluding carboxylic acids is 1. The summed E-state index contributed by atoms with van der Waals surface area (Å²) in [6.07, 6.45) is 3.16. The fourth-order valence-corrected chi connectivity index (χ4v) is 3.31. The molecule has 2 fully saturated rings. The lowest BCUT2D eigenvalue weighted by molar-refractivity contribution is -0.145. The number of rotatable bonds is 1. The minimum Gasteiger partial charge on any atom is -0.481 e. The predicted octanol–water partition coefficient (Wildman–Crippen LogP) is 2.50. The second-order valence-corrected chi connectivity index (χ2v) is 6.59. The molecule has 2 aliphatic rings. The number of hydrogen-bond donors (Lipinski definition) is 1. The third kappa shape index (κ3) is 3.01. The van der Waals surface area contributed by atoms with Crippen LogP contribution in [0.25, 0.3) is 0 Å². The summed E-state index contributed by atoms with van der Waals surface area (Å²) >= 11 is 0. The maximum absolute atomic E-state index is 12.2. The molecule has 1 saturated carbocycles. The zero-order valence-corrected chi connectivity index (χ0v) is 11.9. The van der Waals surface area contributed by atoms with E-state index in [0.29, 0.717) is 18.9 Å². The standard InChI is InChI=1S/C14H23NO4/c1-14(2,3)19-13(18)15-8-7-9-5-4-6-10(11(9)15)12(16)17/h9-11H,4-8H2,1-3H3,(H,16,17). The summed E-state index contributed by atoms with van der Waals surface area (Å²) in [6, 6.07) is -0.180. The molecule has 0 radical (unpaired) electrons. The highest BCUT2D eigenvalue weighted by Gasteiger charge is 2.47. The molecule has 1 N–H and O–H groups in total. The Morgan fingerprint density at radius 2 is 1.89 bits per heavy atom. The van der Waals surface area contributed by atoms with Crippen LogP contribution in [0.3, 0.4) is 0 Å². The number of ether oxygens (including phenoxy) is 1. The van der Waals surface area contributed by atoms with Crippen LogP contribution in [0.1, 0.15) is 46.5 Å². The molecule has 2 rings (SSSR count). The van der Waals surface area contributed by atoms with Gasteiger partial charge in [0.25, 0.3) is 0 Å². The van der Waals surface area contributed by atoms with Crippen LogP contribution in [0.5, 0.6) is 0 Å². The van der Waals surface area contributed by atoms with Crippen LogP contribution >= 0.6 is 0 Å². The van der Waals surface area contributed by atoms with Crippen molar-refractivity contribution in [3.05, 3.63) is 0 Å². The summed E-state index contributed by atoms with van der Waals surface area (Å²) in [5, 5.41) is 9.34. The molecule has 0 aromatic heterocycles. The smallest absolute Gasteiger partial charge is 0.410 e. The quantitative estimate of drug-likeness (QED) is 0.794. The Bertz CT molecular complexity index is 374. The first-order valence-corrected chi connectivity index (χ1v) is 7.02. The van der Waals surface area contributed by atoms with E-state index in [0.717, 1.165) is 19.3 Å². The van der Waals surface area contributed by atoms with Gasteiger partial charge in [0.05, 0.1) is 12.0 Å². The molecule has 1 saturated heterocycles. The minimum absolute atomic E-state index is 0.180. The largest absolute Gasteiger partial charge is 0.481 e. The van der Waals surface area contributed by atoms with Crippen molar-refractivity contribution in [2.75, 3.05) is 6.54 Å². The van der Waals surface area contributed by atoms with Gasteiger partial charge in [0.2, 0.25) is 0 Å². The Hall–Kier alpha value is -1.26. The lowest BCUT2D eigenvalue weighted by atomic mass is 9.77. The lowest BCUT2D eigenvalue weighted by Gasteiger charge is -2.36. The molecule has 19 heavy (non-hydrogen) atoms. The molecule has 3 unspecified atom stereocenters. The molecule has 1 aliphatic carbocycles. The van der Waals surface area contributed by atoms with E-state index in [1.165, 1.54) is 0 Å². The van der Waals surface area contributed by atoms with Gasteiger partial charge in [0.1, 0.15) is 5.60 Å². The number of amides is 1. The molecular weight excluding hydrogens is 246 g/mol. The Balaban J connectivity index is 2.13. The first-order chi connectivity index (χ1) is 8.79. The highest BCUT2D eigenvalue weighted by molar-refractivity contribution is 5.74. The third-order valence-corrected chi connectivity index (χ3v) is 4.03. The van der Waals surface area contributed by atoms with Crippen LogP contribution < -0.4 is 0 Å². The highest BCUT2D eigenvalue weighted by Crippen LogP contribution is 2.40. The molecular formula is C14H23NO4. The summed E-state index contributed by atoms with van der Waals surface area (Å²) in [4.78, 5) is 25.2. The zero-order valence-electron chi connectivity index (χ0n) is 11.9. The number of fused-ring (bicyclic) bond motifs is 1. The second kappa shape index (κ2) is 5.02. The van der Waals surface area contributed by atoms with E-state index in [1.807, 2.05) is 20.8 Å². The number of aliphatic carboxylic acids is 1. The van der Waals surface area contributed by atoms with Crippen molar-refractivity contribution >= 4 is 12.1 Å². The van der Waals surface area contributed by atoms with Crippen LogP contribution in [0.4, 0.5) is 4.79 Å². The lowest BCUT2D eigenvalue weighted by Crippen LogP contribution is -2.48. The van der Waals surface area contributed by atoms with E-state index in [4.69, 9.17) is 4.74 Å². The van der Waals surface area contributed by atoms with Crippen molar-refractivity contribution < 1.29 is 19.4 Å². The molecule has 1 aliphatic heterocycles. The summed E-state index contributed by atoms with van der Waals surface area (Å²) < 4.78 is 5.39. The van der Waals surface area contributed by atoms with Gasteiger partial charge in [-0.15, -0.1) is 0 Å². The highest BCUT2D eigenvalue weighted by atomic mass is 16.6. The first kappa shape index (κ1) is 14.2. The number of carboxylic acid groups (broad SMARTS) is 1. The van der Waals surface area contributed by atoms with Crippen molar-refractivity contribution in [1.29, 1.82) is 0 Å². The van der Waals surface area contributed by atoms with Gasteiger partial charge >= 0.3 is 12.1 Å². The normalized spacial score (nSPS) is 30.9. The van der Waals surface area contributed by atoms with Crippen molar-refractivity contribution in [3.63, 3.8) is 0 Å². The van der Waals surface area contributed by atoms with E-state index in [9.17, 15) is 14.7 Å². The van der Waals surface area contributed by atoms with Crippen LogP contribution in [0, 0.1) is 11.8 Å². The number of hydrogen-bond acceptors (Lipinski definition) is 3. The summed E-state index contributed by atoms with van der Waals surface area (Å²) in [5.74, 6) is -0.902. The van der Waals surface area contributed by atoms with Crippen LogP contribution in [-0.4, -0.2) is 40.3 Å². The molecule has 5 heteroatoms. The van der Waals surface area contributed by atoms with Crippen LogP contribution in [0.2, 0.25) is 0 Å². The SMILES string of the molecule is CC(C)(C)OC(=O)N1CCC2CCCC(C(=O)O)C21.